The second-order valence-electron chi connectivity index (χ2n) is 8.17. The van der Waals surface area contributed by atoms with Gasteiger partial charge in [0.1, 0.15) is 5.75 Å². The first-order chi connectivity index (χ1) is 16.0. The smallest absolute Gasteiger partial charge is 0.235 e. The standard InChI is InChI=1S/C26H29NO6/c1-5-31-21-13-11-20(18-8-6-7-9-19(18)21)27-25(28)26(2)15-32-24(33-16-26)17-10-12-22(29-3)23(14-17)30-4/h6-14,24H,5,15-16H2,1-4H3,(H,27,28). The van der Waals surface area contributed by atoms with Crippen molar-refractivity contribution in [2.24, 2.45) is 5.41 Å². The zero-order chi connectivity index (χ0) is 23.4. The summed E-state index contributed by atoms with van der Waals surface area (Å²) in [6.45, 7) is 4.79. The quantitative estimate of drug-likeness (QED) is 0.548. The van der Waals surface area contributed by atoms with Gasteiger partial charge in [0.2, 0.25) is 5.91 Å². The summed E-state index contributed by atoms with van der Waals surface area (Å²) in [6, 6.07) is 17.1. The van der Waals surface area contributed by atoms with Gasteiger partial charge in [-0.15, -0.1) is 0 Å². The molecule has 0 saturated carbocycles. The summed E-state index contributed by atoms with van der Waals surface area (Å²) in [7, 11) is 3.17. The average Bonchev–Trinajstić information content (AvgIpc) is 2.85. The Kier molecular flexibility index (Phi) is 6.72. The Hall–Kier alpha value is -3.29. The van der Waals surface area contributed by atoms with E-state index >= 15 is 0 Å². The minimum Gasteiger partial charge on any atom is -0.493 e. The molecule has 0 aromatic heterocycles. The number of carbonyl (C=O) groups excluding carboxylic acids is 1. The van der Waals surface area contributed by atoms with Crippen LogP contribution >= 0.6 is 0 Å². The van der Waals surface area contributed by atoms with Gasteiger partial charge in [0.05, 0.1) is 39.5 Å². The number of anilines is 1. The number of hydrogen-bond acceptors (Lipinski definition) is 6. The highest BCUT2D eigenvalue weighted by Crippen LogP contribution is 2.37. The van der Waals surface area contributed by atoms with Gasteiger partial charge in [0, 0.05) is 22.0 Å². The number of ether oxygens (including phenoxy) is 5. The van der Waals surface area contributed by atoms with Gasteiger partial charge in [-0.25, -0.2) is 0 Å². The van der Waals surface area contributed by atoms with E-state index in [4.69, 9.17) is 23.7 Å². The highest BCUT2D eigenvalue weighted by Gasteiger charge is 2.40. The highest BCUT2D eigenvalue weighted by atomic mass is 16.7. The van der Waals surface area contributed by atoms with Crippen LogP contribution in [0.1, 0.15) is 25.7 Å². The van der Waals surface area contributed by atoms with Crippen LogP contribution in [-0.2, 0) is 14.3 Å². The molecule has 7 heteroatoms. The predicted octanol–water partition coefficient (Wildman–Crippen LogP) is 4.95. The normalized spacial score (nSPS) is 20.3. The fourth-order valence-electron chi connectivity index (χ4n) is 3.87. The van der Waals surface area contributed by atoms with Gasteiger partial charge in [-0.1, -0.05) is 30.3 Å². The second-order valence-corrected chi connectivity index (χ2v) is 8.17. The first kappa shape index (κ1) is 22.9. The van der Waals surface area contributed by atoms with Crippen LogP contribution in [0.4, 0.5) is 5.69 Å². The maximum absolute atomic E-state index is 13.2. The molecule has 0 radical (unpaired) electrons. The Morgan fingerprint density at radius 3 is 2.30 bits per heavy atom. The van der Waals surface area contributed by atoms with Crippen molar-refractivity contribution in [3.8, 4) is 17.2 Å². The van der Waals surface area contributed by atoms with Crippen molar-refractivity contribution in [3.05, 3.63) is 60.2 Å². The van der Waals surface area contributed by atoms with Gasteiger partial charge in [-0.05, 0) is 38.1 Å². The maximum atomic E-state index is 13.2. The van der Waals surface area contributed by atoms with Crippen LogP contribution in [0.25, 0.3) is 10.8 Å². The molecule has 0 bridgehead atoms. The lowest BCUT2D eigenvalue weighted by Gasteiger charge is -2.36. The van der Waals surface area contributed by atoms with Crippen molar-refractivity contribution >= 4 is 22.4 Å². The summed E-state index contributed by atoms with van der Waals surface area (Å²) in [5, 5.41) is 4.93. The molecule has 1 aliphatic heterocycles. The number of benzene rings is 3. The van der Waals surface area contributed by atoms with Gasteiger partial charge in [-0.3, -0.25) is 4.79 Å². The molecule has 1 N–H and O–H groups in total. The van der Waals surface area contributed by atoms with Crippen molar-refractivity contribution in [3.63, 3.8) is 0 Å². The summed E-state index contributed by atoms with van der Waals surface area (Å²) in [4.78, 5) is 13.2. The van der Waals surface area contributed by atoms with Crippen molar-refractivity contribution < 1.29 is 28.5 Å². The summed E-state index contributed by atoms with van der Waals surface area (Å²) in [5.74, 6) is 1.85. The minimum absolute atomic E-state index is 0.164. The molecule has 0 unspecified atom stereocenters. The van der Waals surface area contributed by atoms with Gasteiger partial charge in [0.25, 0.3) is 0 Å². The average molecular weight is 452 g/mol. The molecular weight excluding hydrogens is 422 g/mol. The molecule has 3 aromatic rings. The molecule has 0 atom stereocenters. The summed E-state index contributed by atoms with van der Waals surface area (Å²) >= 11 is 0. The predicted molar refractivity (Wildman–Crippen MR) is 126 cm³/mol. The third-order valence-electron chi connectivity index (χ3n) is 5.77. The number of methoxy groups -OCH3 is 2. The van der Waals surface area contributed by atoms with E-state index in [0.717, 1.165) is 27.8 Å². The molecule has 1 aliphatic rings. The third kappa shape index (κ3) is 4.60. The highest BCUT2D eigenvalue weighted by molar-refractivity contribution is 6.05. The van der Waals surface area contributed by atoms with E-state index in [1.807, 2.05) is 62.4 Å². The number of amides is 1. The Morgan fingerprint density at radius 1 is 0.970 bits per heavy atom. The number of carbonyl (C=O) groups is 1. The first-order valence-electron chi connectivity index (χ1n) is 10.9. The fraction of sp³-hybridized carbons (Fsp3) is 0.346. The van der Waals surface area contributed by atoms with Crippen LogP contribution in [0, 0.1) is 5.41 Å². The Labute approximate surface area is 193 Å². The van der Waals surface area contributed by atoms with E-state index in [0.29, 0.717) is 18.1 Å². The van der Waals surface area contributed by atoms with Crippen LogP contribution < -0.4 is 19.5 Å². The fourth-order valence-corrected chi connectivity index (χ4v) is 3.87. The zero-order valence-corrected chi connectivity index (χ0v) is 19.3. The SMILES string of the molecule is CCOc1ccc(NC(=O)C2(C)COC(c3ccc(OC)c(OC)c3)OC2)c2ccccc12. The molecule has 174 valence electrons. The molecule has 0 spiro atoms. The topological polar surface area (TPSA) is 75.3 Å². The first-order valence-corrected chi connectivity index (χ1v) is 10.9. The molecule has 1 saturated heterocycles. The largest absolute Gasteiger partial charge is 0.493 e. The van der Waals surface area contributed by atoms with Crippen LogP contribution in [0.15, 0.2) is 54.6 Å². The van der Waals surface area contributed by atoms with Crippen molar-refractivity contribution in [2.75, 3.05) is 39.4 Å². The van der Waals surface area contributed by atoms with Crippen LogP contribution in [0.2, 0.25) is 0 Å². The Morgan fingerprint density at radius 2 is 1.64 bits per heavy atom. The lowest BCUT2D eigenvalue weighted by Crippen LogP contribution is -2.45. The molecule has 4 rings (SSSR count). The van der Waals surface area contributed by atoms with Gasteiger partial charge >= 0.3 is 0 Å². The Balaban J connectivity index is 1.48. The molecular formula is C26H29NO6. The molecule has 3 aromatic carbocycles. The third-order valence-corrected chi connectivity index (χ3v) is 5.77. The van der Waals surface area contributed by atoms with E-state index < -0.39 is 11.7 Å². The van der Waals surface area contributed by atoms with Gasteiger partial charge in [0.15, 0.2) is 17.8 Å². The molecule has 1 fully saturated rings. The molecule has 1 amide bonds. The summed E-state index contributed by atoms with van der Waals surface area (Å²) in [5.41, 5.74) is 0.683. The number of nitrogens with one attached hydrogen (secondary N) is 1. The van der Waals surface area contributed by atoms with E-state index in [1.54, 1.807) is 20.3 Å². The second kappa shape index (κ2) is 9.68. The van der Waals surface area contributed by atoms with Crippen molar-refractivity contribution in [1.82, 2.24) is 0 Å². The lowest BCUT2D eigenvalue weighted by atomic mass is 9.90. The summed E-state index contributed by atoms with van der Waals surface area (Å²) < 4.78 is 28.3. The van der Waals surface area contributed by atoms with E-state index in [1.165, 1.54) is 0 Å². The van der Waals surface area contributed by atoms with E-state index in [-0.39, 0.29) is 19.1 Å². The van der Waals surface area contributed by atoms with Crippen LogP contribution in [0.3, 0.4) is 0 Å². The van der Waals surface area contributed by atoms with E-state index in [2.05, 4.69) is 5.32 Å². The van der Waals surface area contributed by atoms with E-state index in [9.17, 15) is 4.79 Å². The van der Waals surface area contributed by atoms with Gasteiger partial charge < -0.3 is 29.0 Å². The van der Waals surface area contributed by atoms with Crippen molar-refractivity contribution in [1.29, 1.82) is 0 Å². The van der Waals surface area contributed by atoms with Gasteiger partial charge in [-0.2, -0.15) is 0 Å². The minimum atomic E-state index is -0.841. The summed E-state index contributed by atoms with van der Waals surface area (Å²) in [6.07, 6.45) is -0.586. The molecule has 7 nitrogen and oxygen atoms in total. The maximum Gasteiger partial charge on any atom is 0.235 e. The number of hydrogen-bond donors (Lipinski definition) is 1. The monoisotopic (exact) mass is 451 g/mol. The van der Waals surface area contributed by atoms with Crippen LogP contribution in [0.5, 0.6) is 17.2 Å². The number of fused-ring (bicyclic) bond motifs is 1. The number of rotatable bonds is 7. The van der Waals surface area contributed by atoms with Crippen LogP contribution in [-0.4, -0.2) is 39.9 Å². The Bertz CT molecular complexity index is 1140. The molecule has 1 heterocycles. The zero-order valence-electron chi connectivity index (χ0n) is 19.3. The lowest BCUT2D eigenvalue weighted by molar-refractivity contribution is -0.226. The molecule has 33 heavy (non-hydrogen) atoms. The van der Waals surface area contributed by atoms with Crippen molar-refractivity contribution in [2.45, 2.75) is 20.1 Å². The molecule has 0 aliphatic carbocycles.